The van der Waals surface area contributed by atoms with E-state index in [0.29, 0.717) is 11.3 Å². The highest BCUT2D eigenvalue weighted by Gasteiger charge is 2.38. The highest BCUT2D eigenvalue weighted by atomic mass is 32.2. The van der Waals surface area contributed by atoms with Crippen LogP contribution < -0.4 is 10.6 Å². The van der Waals surface area contributed by atoms with Gasteiger partial charge in [0.25, 0.3) is 0 Å². The van der Waals surface area contributed by atoms with Crippen molar-refractivity contribution in [1.29, 1.82) is 5.26 Å². The molecule has 3 amide bonds. The van der Waals surface area contributed by atoms with Gasteiger partial charge < -0.3 is 25.0 Å². The van der Waals surface area contributed by atoms with E-state index < -0.39 is 59.7 Å². The van der Waals surface area contributed by atoms with Crippen LogP contribution in [-0.2, 0) is 30.3 Å². The average molecular weight is 639 g/mol. The molecule has 244 valence electrons. The summed E-state index contributed by atoms with van der Waals surface area (Å²) in [5.74, 6) is -1.42. The lowest BCUT2D eigenvalue weighted by atomic mass is 9.99. The molecular weight excluding hydrogens is 592 g/mol. The van der Waals surface area contributed by atoms with Crippen LogP contribution in [0.1, 0.15) is 70.7 Å². The third-order valence-corrected chi connectivity index (χ3v) is 7.01. The van der Waals surface area contributed by atoms with E-state index in [9.17, 15) is 24.4 Å². The molecule has 0 aliphatic heterocycles. The van der Waals surface area contributed by atoms with Gasteiger partial charge in [0, 0.05) is 6.42 Å². The molecule has 0 fully saturated rings. The van der Waals surface area contributed by atoms with Gasteiger partial charge in [-0.1, -0.05) is 60.2 Å². The van der Waals surface area contributed by atoms with Crippen molar-refractivity contribution in [2.45, 2.75) is 90.6 Å². The lowest BCUT2D eigenvalue weighted by Gasteiger charge is -2.34. The maximum Gasteiger partial charge on any atom is 0.408 e. The molecule has 2 aromatic rings. The van der Waals surface area contributed by atoms with E-state index >= 15 is 0 Å². The molecule has 3 atom stereocenters. The van der Waals surface area contributed by atoms with Crippen molar-refractivity contribution in [3.63, 3.8) is 0 Å². The van der Waals surface area contributed by atoms with E-state index in [1.54, 1.807) is 65.8 Å². The first kappa shape index (κ1) is 37.1. The fourth-order valence-electron chi connectivity index (χ4n) is 4.40. The number of aryl methyl sites for hydroxylation is 1. The van der Waals surface area contributed by atoms with Gasteiger partial charge in [0.2, 0.25) is 11.8 Å². The van der Waals surface area contributed by atoms with Crippen molar-refractivity contribution >= 4 is 35.6 Å². The number of nitrogens with one attached hydrogen (secondary N) is 2. The molecule has 3 unspecified atom stereocenters. The minimum atomic E-state index is -1.30. The van der Waals surface area contributed by atoms with E-state index in [1.165, 1.54) is 11.8 Å². The number of nitrogens with zero attached hydrogens (tertiary/aromatic N) is 2. The molecular formula is C34H46N4O6S. The molecule has 0 aromatic heterocycles. The molecule has 0 spiro atoms. The van der Waals surface area contributed by atoms with Gasteiger partial charge in [-0.25, -0.2) is 9.59 Å². The Bertz CT molecular complexity index is 1330. The zero-order valence-corrected chi connectivity index (χ0v) is 28.3. The molecule has 0 heterocycles. The third-order valence-electron chi connectivity index (χ3n) is 6.37. The second-order valence-electron chi connectivity index (χ2n) is 12.7. The summed E-state index contributed by atoms with van der Waals surface area (Å²) in [5, 5.41) is 15.3. The number of esters is 1. The molecule has 2 N–H and O–H groups in total. The zero-order valence-electron chi connectivity index (χ0n) is 27.5. The van der Waals surface area contributed by atoms with Gasteiger partial charge in [0.05, 0.1) is 6.07 Å². The Labute approximate surface area is 271 Å². The van der Waals surface area contributed by atoms with Crippen LogP contribution in [0, 0.1) is 18.3 Å². The Morgan fingerprint density at radius 2 is 1.49 bits per heavy atom. The smallest absolute Gasteiger partial charge is 0.408 e. The number of hydrogen-bond donors (Lipinski definition) is 2. The molecule has 0 aliphatic carbocycles. The van der Waals surface area contributed by atoms with Gasteiger partial charge in [-0.15, -0.1) is 0 Å². The number of thioether (sulfide) groups is 1. The van der Waals surface area contributed by atoms with Crippen LogP contribution in [0.3, 0.4) is 0 Å². The number of hydrogen-bond acceptors (Lipinski definition) is 8. The highest BCUT2D eigenvalue weighted by Crippen LogP contribution is 2.25. The molecule has 0 aliphatic rings. The number of benzene rings is 2. The molecule has 0 radical (unpaired) electrons. The number of alkyl carbamates (subject to hydrolysis) is 1. The number of nitriles is 1. The standard InChI is InChI=1S/C34H46N4O6S/c1-23-14-16-25(17-15-23)28(29(39)36-27(31(41)43-33(2,3)4)22-24-12-10-9-11-13-24)38(20-19-35)30(40)26(18-21-45-8)37-32(42)44-34(5,6)7/h9-17,26-28H,18,20-22H2,1-8H3,(H,36,39)(H,37,42). The van der Waals surface area contributed by atoms with Crippen LogP contribution in [0.2, 0.25) is 0 Å². The van der Waals surface area contributed by atoms with Crippen molar-refractivity contribution in [3.05, 3.63) is 71.3 Å². The lowest BCUT2D eigenvalue weighted by Crippen LogP contribution is -2.55. The van der Waals surface area contributed by atoms with E-state index in [0.717, 1.165) is 16.0 Å². The summed E-state index contributed by atoms with van der Waals surface area (Å²) in [7, 11) is 0. The molecule has 11 heteroatoms. The van der Waals surface area contributed by atoms with Crippen LogP contribution in [0.15, 0.2) is 54.6 Å². The number of amides is 3. The first-order valence-corrected chi connectivity index (χ1v) is 16.2. The Balaban J connectivity index is 2.56. The van der Waals surface area contributed by atoms with Gasteiger partial charge >= 0.3 is 12.1 Å². The van der Waals surface area contributed by atoms with Crippen LogP contribution >= 0.6 is 11.8 Å². The Hall–Kier alpha value is -4.04. The van der Waals surface area contributed by atoms with E-state index in [4.69, 9.17) is 9.47 Å². The molecule has 2 aromatic carbocycles. The fraction of sp³-hybridized carbons (Fsp3) is 0.500. The second kappa shape index (κ2) is 16.9. The summed E-state index contributed by atoms with van der Waals surface area (Å²) in [6.07, 6.45) is 1.46. The maximum atomic E-state index is 14.2. The topological polar surface area (TPSA) is 138 Å². The first-order chi connectivity index (χ1) is 21.0. The summed E-state index contributed by atoms with van der Waals surface area (Å²) < 4.78 is 11.0. The lowest BCUT2D eigenvalue weighted by molar-refractivity contribution is -0.159. The monoisotopic (exact) mass is 638 g/mol. The predicted octanol–water partition coefficient (Wildman–Crippen LogP) is 5.10. The number of carbonyl (C=O) groups excluding carboxylic acids is 4. The Morgan fingerprint density at radius 1 is 0.889 bits per heavy atom. The van der Waals surface area contributed by atoms with Gasteiger partial charge in [-0.2, -0.15) is 17.0 Å². The van der Waals surface area contributed by atoms with Crippen LogP contribution in [0.5, 0.6) is 0 Å². The minimum absolute atomic E-state index is 0.144. The van der Waals surface area contributed by atoms with Crippen molar-refractivity contribution in [1.82, 2.24) is 15.5 Å². The van der Waals surface area contributed by atoms with Crippen molar-refractivity contribution in [3.8, 4) is 6.07 Å². The number of ether oxygens (including phenoxy) is 2. The largest absolute Gasteiger partial charge is 0.458 e. The first-order valence-electron chi connectivity index (χ1n) is 14.8. The highest BCUT2D eigenvalue weighted by molar-refractivity contribution is 7.98. The normalized spacial score (nSPS) is 13.4. The summed E-state index contributed by atoms with van der Waals surface area (Å²) in [6, 6.07) is 14.7. The van der Waals surface area contributed by atoms with Gasteiger partial charge in [0.1, 0.15) is 35.9 Å². The summed E-state index contributed by atoms with van der Waals surface area (Å²) in [4.78, 5) is 55.6. The molecule has 10 nitrogen and oxygen atoms in total. The molecule has 0 bridgehead atoms. The van der Waals surface area contributed by atoms with Crippen LogP contribution in [0.4, 0.5) is 4.79 Å². The fourth-order valence-corrected chi connectivity index (χ4v) is 4.88. The van der Waals surface area contributed by atoms with E-state index in [2.05, 4.69) is 10.6 Å². The van der Waals surface area contributed by atoms with E-state index in [1.807, 2.05) is 49.6 Å². The number of rotatable bonds is 13. The van der Waals surface area contributed by atoms with Crippen molar-refractivity contribution in [2.75, 3.05) is 18.6 Å². The van der Waals surface area contributed by atoms with Crippen LogP contribution in [-0.4, -0.2) is 70.6 Å². The third kappa shape index (κ3) is 12.8. The molecule has 0 saturated heterocycles. The summed E-state index contributed by atoms with van der Waals surface area (Å²) in [6.45, 7) is 11.8. The van der Waals surface area contributed by atoms with Crippen molar-refractivity contribution < 1.29 is 28.7 Å². The Kier molecular flexibility index (Phi) is 13.9. The molecule has 45 heavy (non-hydrogen) atoms. The molecule has 2 rings (SSSR count). The van der Waals surface area contributed by atoms with Gasteiger partial charge in [-0.3, -0.25) is 9.59 Å². The van der Waals surface area contributed by atoms with Crippen molar-refractivity contribution in [2.24, 2.45) is 0 Å². The van der Waals surface area contributed by atoms with E-state index in [-0.39, 0.29) is 12.8 Å². The predicted molar refractivity (Wildman–Crippen MR) is 175 cm³/mol. The van der Waals surface area contributed by atoms with Crippen LogP contribution in [0.25, 0.3) is 0 Å². The zero-order chi connectivity index (χ0) is 33.8. The SMILES string of the molecule is CSCCC(NC(=O)OC(C)(C)C)C(=O)N(CC#N)C(C(=O)NC(Cc1ccccc1)C(=O)OC(C)(C)C)c1ccc(C)cc1. The average Bonchev–Trinajstić information content (AvgIpc) is 2.94. The maximum absolute atomic E-state index is 14.2. The summed E-state index contributed by atoms with van der Waals surface area (Å²) in [5.41, 5.74) is 0.544. The molecule has 0 saturated carbocycles. The summed E-state index contributed by atoms with van der Waals surface area (Å²) >= 11 is 1.48. The van der Waals surface area contributed by atoms with Gasteiger partial charge in [-0.05, 0) is 78.0 Å². The second-order valence-corrected chi connectivity index (χ2v) is 13.7. The quantitative estimate of drug-likeness (QED) is 0.228. The minimum Gasteiger partial charge on any atom is -0.458 e. The Morgan fingerprint density at radius 3 is 2.02 bits per heavy atom. The number of carbonyl (C=O) groups is 4. The van der Waals surface area contributed by atoms with Gasteiger partial charge in [0.15, 0.2) is 0 Å².